The number of nitrogens with zero attached hydrogens (tertiary/aromatic N) is 1. The van der Waals surface area contributed by atoms with Crippen molar-refractivity contribution in [1.29, 1.82) is 5.26 Å². The standard InChI is InChI=1S/C11H11NO6S/c1-3-6(13)16-8-7-5(4-12)9-11(2,17-7)10(8)19(14,15)18-9/h3,5,7-10H,1H2,2H3. The van der Waals surface area contributed by atoms with Gasteiger partial charge in [0.25, 0.3) is 10.1 Å². The van der Waals surface area contributed by atoms with Crippen molar-refractivity contribution in [3.05, 3.63) is 12.7 Å². The van der Waals surface area contributed by atoms with Crippen LogP contribution in [-0.2, 0) is 28.6 Å². The SMILES string of the molecule is C=CC(=O)OC1C2OC3(C)C(OS(=O)(=O)C13)C2C#N. The topological polar surface area (TPSA) is 103 Å². The summed E-state index contributed by atoms with van der Waals surface area (Å²) in [4.78, 5) is 11.3. The van der Waals surface area contributed by atoms with Crippen molar-refractivity contribution in [2.24, 2.45) is 5.92 Å². The van der Waals surface area contributed by atoms with Gasteiger partial charge in [-0.2, -0.15) is 13.7 Å². The Morgan fingerprint density at radius 1 is 1.58 bits per heavy atom. The third kappa shape index (κ3) is 1.38. The van der Waals surface area contributed by atoms with Gasteiger partial charge in [-0.05, 0) is 6.92 Å². The van der Waals surface area contributed by atoms with Crippen LogP contribution in [0.25, 0.3) is 0 Å². The van der Waals surface area contributed by atoms with E-state index >= 15 is 0 Å². The molecule has 0 radical (unpaired) electrons. The molecule has 19 heavy (non-hydrogen) atoms. The highest BCUT2D eigenvalue weighted by Crippen LogP contribution is 2.57. The highest BCUT2D eigenvalue weighted by Gasteiger charge is 2.78. The first kappa shape index (κ1) is 12.6. The molecule has 0 amide bonds. The van der Waals surface area contributed by atoms with Crippen LogP contribution >= 0.6 is 0 Å². The van der Waals surface area contributed by atoms with E-state index in [4.69, 9.17) is 18.9 Å². The number of rotatable bonds is 2. The van der Waals surface area contributed by atoms with Crippen LogP contribution in [0, 0.1) is 17.2 Å². The monoisotopic (exact) mass is 285 g/mol. The Balaban J connectivity index is 2.06. The third-order valence-corrected chi connectivity index (χ3v) is 5.77. The summed E-state index contributed by atoms with van der Waals surface area (Å²) < 4.78 is 39.7. The quantitative estimate of drug-likeness (QED) is 0.382. The van der Waals surface area contributed by atoms with Gasteiger partial charge in [-0.1, -0.05) is 6.58 Å². The number of hydrogen-bond donors (Lipinski definition) is 0. The molecule has 0 spiro atoms. The van der Waals surface area contributed by atoms with E-state index in [1.807, 2.05) is 6.07 Å². The van der Waals surface area contributed by atoms with Crippen molar-refractivity contribution >= 4 is 16.1 Å². The zero-order valence-electron chi connectivity index (χ0n) is 9.98. The van der Waals surface area contributed by atoms with Crippen molar-refractivity contribution in [3.63, 3.8) is 0 Å². The molecule has 2 bridgehead atoms. The number of carbonyl (C=O) groups is 1. The smallest absolute Gasteiger partial charge is 0.330 e. The summed E-state index contributed by atoms with van der Waals surface area (Å²) in [5, 5.41) is 8.04. The van der Waals surface area contributed by atoms with Crippen molar-refractivity contribution in [2.45, 2.75) is 36.1 Å². The molecule has 3 fully saturated rings. The van der Waals surface area contributed by atoms with E-state index < -0.39 is 51.2 Å². The normalized spacial score (nSPS) is 48.7. The van der Waals surface area contributed by atoms with Gasteiger partial charge in [0.05, 0.1) is 6.07 Å². The van der Waals surface area contributed by atoms with E-state index in [0.717, 1.165) is 6.08 Å². The van der Waals surface area contributed by atoms with E-state index in [-0.39, 0.29) is 0 Å². The number of hydrogen-bond acceptors (Lipinski definition) is 7. The first-order chi connectivity index (χ1) is 8.85. The van der Waals surface area contributed by atoms with E-state index in [0.29, 0.717) is 0 Å². The molecule has 0 N–H and O–H groups in total. The number of esters is 1. The lowest BCUT2D eigenvalue weighted by Gasteiger charge is -2.28. The molecule has 0 aliphatic carbocycles. The lowest BCUT2D eigenvalue weighted by molar-refractivity contribution is -0.145. The van der Waals surface area contributed by atoms with Gasteiger partial charge in [-0.3, -0.25) is 4.18 Å². The molecule has 3 aliphatic rings. The summed E-state index contributed by atoms with van der Waals surface area (Å²) in [6.45, 7) is 4.83. The molecule has 3 aliphatic heterocycles. The second kappa shape index (κ2) is 3.56. The molecule has 6 atom stereocenters. The Morgan fingerprint density at radius 2 is 2.26 bits per heavy atom. The number of carbonyl (C=O) groups excluding carboxylic acids is 1. The highest BCUT2D eigenvalue weighted by atomic mass is 32.2. The molecule has 7 nitrogen and oxygen atoms in total. The Morgan fingerprint density at radius 3 is 2.84 bits per heavy atom. The summed E-state index contributed by atoms with van der Waals surface area (Å²) in [6, 6.07) is 1.98. The fourth-order valence-electron chi connectivity index (χ4n) is 3.22. The molecule has 3 rings (SSSR count). The van der Waals surface area contributed by atoms with Gasteiger partial charge >= 0.3 is 5.97 Å². The summed E-state index contributed by atoms with van der Waals surface area (Å²) in [5.74, 6) is -1.53. The fraction of sp³-hybridized carbons (Fsp3) is 0.636. The predicted molar refractivity (Wildman–Crippen MR) is 60.0 cm³/mol. The second-order valence-corrected chi connectivity index (χ2v) is 6.64. The van der Waals surface area contributed by atoms with Crippen molar-refractivity contribution in [3.8, 4) is 6.07 Å². The fourth-order valence-corrected chi connectivity index (χ4v) is 5.25. The van der Waals surface area contributed by atoms with Gasteiger partial charge in [0.15, 0.2) is 11.4 Å². The minimum absolute atomic E-state index is 0.750. The van der Waals surface area contributed by atoms with E-state index in [2.05, 4.69) is 6.58 Å². The summed E-state index contributed by atoms with van der Waals surface area (Å²) in [5.41, 5.74) is -1.14. The van der Waals surface area contributed by atoms with Crippen LogP contribution < -0.4 is 0 Å². The van der Waals surface area contributed by atoms with Crippen molar-refractivity contribution < 1.29 is 26.9 Å². The average molecular weight is 285 g/mol. The minimum atomic E-state index is -3.92. The Kier molecular flexibility index (Phi) is 2.36. The zero-order valence-corrected chi connectivity index (χ0v) is 10.8. The third-order valence-electron chi connectivity index (χ3n) is 3.94. The van der Waals surface area contributed by atoms with Gasteiger partial charge in [-0.15, -0.1) is 0 Å². The van der Waals surface area contributed by atoms with E-state index in [9.17, 15) is 13.2 Å². The lowest BCUT2D eigenvalue weighted by atomic mass is 9.78. The molecule has 8 heteroatoms. The molecule has 0 aromatic carbocycles. The zero-order chi connectivity index (χ0) is 14.0. The highest BCUT2D eigenvalue weighted by molar-refractivity contribution is 7.87. The van der Waals surface area contributed by atoms with Gasteiger partial charge in [0.2, 0.25) is 0 Å². The molecule has 0 aromatic rings. The predicted octanol–water partition coefficient (Wildman–Crippen LogP) is -0.508. The largest absolute Gasteiger partial charge is 0.455 e. The molecular weight excluding hydrogens is 274 g/mol. The molecule has 102 valence electrons. The van der Waals surface area contributed by atoms with Gasteiger partial charge in [0.1, 0.15) is 23.7 Å². The molecule has 3 heterocycles. The van der Waals surface area contributed by atoms with E-state index in [1.54, 1.807) is 6.92 Å². The Bertz CT molecular complexity index is 607. The van der Waals surface area contributed by atoms with Crippen LogP contribution in [0.5, 0.6) is 0 Å². The second-order valence-electron chi connectivity index (χ2n) is 4.96. The van der Waals surface area contributed by atoms with Crippen LogP contribution in [0.2, 0.25) is 0 Å². The molecular formula is C11H11NO6S. The minimum Gasteiger partial charge on any atom is -0.455 e. The van der Waals surface area contributed by atoms with Crippen molar-refractivity contribution in [2.75, 3.05) is 0 Å². The molecule has 6 unspecified atom stereocenters. The number of ether oxygens (including phenoxy) is 2. The van der Waals surface area contributed by atoms with Crippen LogP contribution in [-0.4, -0.2) is 43.5 Å². The van der Waals surface area contributed by atoms with Gasteiger partial charge in [0, 0.05) is 6.08 Å². The molecule has 3 saturated heterocycles. The van der Waals surface area contributed by atoms with Crippen LogP contribution in [0.4, 0.5) is 0 Å². The first-order valence-corrected chi connectivity index (χ1v) is 7.15. The maximum atomic E-state index is 12.0. The van der Waals surface area contributed by atoms with Crippen molar-refractivity contribution in [1.82, 2.24) is 0 Å². The average Bonchev–Trinajstić information content (AvgIpc) is 2.81. The van der Waals surface area contributed by atoms with Gasteiger partial charge in [-0.25, -0.2) is 4.79 Å². The summed E-state index contributed by atoms with van der Waals surface area (Å²) in [6.07, 6.45) is -1.72. The maximum absolute atomic E-state index is 12.0. The van der Waals surface area contributed by atoms with Gasteiger partial charge < -0.3 is 9.47 Å². The summed E-state index contributed by atoms with van der Waals surface area (Å²) >= 11 is 0. The number of nitriles is 1. The van der Waals surface area contributed by atoms with Crippen LogP contribution in [0.3, 0.4) is 0 Å². The Labute approximate surface area is 109 Å². The number of fused-ring (bicyclic) bond motifs is 1. The molecule has 0 saturated carbocycles. The summed E-state index contributed by atoms with van der Waals surface area (Å²) in [7, 11) is -3.92. The molecule has 0 aromatic heterocycles. The van der Waals surface area contributed by atoms with E-state index in [1.165, 1.54) is 0 Å². The first-order valence-electron chi connectivity index (χ1n) is 5.68. The lowest BCUT2D eigenvalue weighted by Crippen LogP contribution is -2.52. The maximum Gasteiger partial charge on any atom is 0.330 e. The van der Waals surface area contributed by atoms with Crippen LogP contribution in [0.15, 0.2) is 12.7 Å². The van der Waals surface area contributed by atoms with Crippen LogP contribution in [0.1, 0.15) is 6.92 Å². The Hall–Kier alpha value is -1.43.